The highest BCUT2D eigenvalue weighted by atomic mass is 79.9. The molecule has 4 amide bonds. The first-order valence-corrected chi connectivity index (χ1v) is 8.30. The number of carbonyl (C=O) groups is 3. The number of nitrogens with one attached hydrogen (secondary N) is 3. The van der Waals surface area contributed by atoms with Crippen molar-refractivity contribution in [3.63, 3.8) is 0 Å². The Morgan fingerprint density at radius 2 is 2.04 bits per heavy atom. The maximum atomic E-state index is 13.8. The van der Waals surface area contributed by atoms with Crippen LogP contribution >= 0.6 is 15.9 Å². The molecular weight excluding hydrogens is 383 g/mol. The van der Waals surface area contributed by atoms with Crippen LogP contribution in [0.1, 0.15) is 12.8 Å². The van der Waals surface area contributed by atoms with Crippen molar-refractivity contribution in [2.45, 2.75) is 18.4 Å². The van der Waals surface area contributed by atoms with Crippen LogP contribution in [-0.2, 0) is 9.59 Å². The molecule has 1 aromatic rings. The van der Waals surface area contributed by atoms with Gasteiger partial charge in [0, 0.05) is 4.47 Å². The van der Waals surface area contributed by atoms with Gasteiger partial charge in [-0.05, 0) is 44.1 Å². The van der Waals surface area contributed by atoms with Crippen LogP contribution in [0.4, 0.5) is 14.9 Å². The number of anilines is 1. The van der Waals surface area contributed by atoms with E-state index < -0.39 is 35.7 Å². The Hall–Kier alpha value is -2.00. The summed E-state index contributed by atoms with van der Waals surface area (Å²) in [7, 11) is 0. The molecule has 0 aliphatic carbocycles. The van der Waals surface area contributed by atoms with Crippen LogP contribution in [0.2, 0.25) is 0 Å². The summed E-state index contributed by atoms with van der Waals surface area (Å²) >= 11 is 3.13. The lowest BCUT2D eigenvalue weighted by Crippen LogP contribution is -2.54. The van der Waals surface area contributed by atoms with E-state index in [1.807, 2.05) is 0 Å². The predicted molar refractivity (Wildman–Crippen MR) is 87.8 cm³/mol. The standard InChI is InChI=1S/C15H16BrFN4O3/c16-9-1-2-11(10(17)7-9)19-12(22)8-21-13(23)15(20-14(21)24)3-5-18-6-4-15/h1-2,7,18H,3-6,8H2,(H,19,22)(H,20,24). The van der Waals surface area contributed by atoms with Gasteiger partial charge in [0.05, 0.1) is 5.69 Å². The molecule has 0 unspecified atom stereocenters. The van der Waals surface area contributed by atoms with E-state index in [4.69, 9.17) is 0 Å². The van der Waals surface area contributed by atoms with Crippen molar-refractivity contribution in [2.75, 3.05) is 25.0 Å². The average Bonchev–Trinajstić information content (AvgIpc) is 2.75. The highest BCUT2D eigenvalue weighted by molar-refractivity contribution is 9.10. The zero-order valence-corrected chi connectivity index (χ0v) is 14.3. The molecule has 0 aromatic heterocycles. The Kier molecular flexibility index (Phi) is 4.55. The third-order valence-electron chi connectivity index (χ3n) is 4.21. The number of piperidine rings is 1. The average molecular weight is 399 g/mol. The van der Waals surface area contributed by atoms with Gasteiger partial charge in [-0.3, -0.25) is 14.5 Å². The SMILES string of the molecule is O=C(CN1C(=O)NC2(CCNCC2)C1=O)Nc1ccc(Br)cc1F. The van der Waals surface area contributed by atoms with E-state index in [0.29, 0.717) is 30.4 Å². The summed E-state index contributed by atoms with van der Waals surface area (Å²) in [6, 6.07) is 3.61. The van der Waals surface area contributed by atoms with E-state index in [-0.39, 0.29) is 5.69 Å². The Morgan fingerprint density at radius 1 is 1.33 bits per heavy atom. The minimum Gasteiger partial charge on any atom is -0.323 e. The van der Waals surface area contributed by atoms with Crippen molar-refractivity contribution in [3.8, 4) is 0 Å². The fourth-order valence-electron chi connectivity index (χ4n) is 2.94. The Bertz CT molecular complexity index is 706. The summed E-state index contributed by atoms with van der Waals surface area (Å²) in [5, 5.41) is 8.19. The van der Waals surface area contributed by atoms with Crippen molar-refractivity contribution in [3.05, 3.63) is 28.5 Å². The molecular formula is C15H16BrFN4O3. The smallest absolute Gasteiger partial charge is 0.323 e. The van der Waals surface area contributed by atoms with E-state index in [1.54, 1.807) is 6.07 Å². The van der Waals surface area contributed by atoms with Crippen LogP contribution in [0.15, 0.2) is 22.7 Å². The van der Waals surface area contributed by atoms with Gasteiger partial charge < -0.3 is 16.0 Å². The number of carbonyl (C=O) groups excluding carboxylic acids is 3. The second kappa shape index (κ2) is 6.48. The van der Waals surface area contributed by atoms with Crippen LogP contribution in [0.3, 0.4) is 0 Å². The molecule has 2 aliphatic rings. The number of hydrogen-bond donors (Lipinski definition) is 3. The van der Waals surface area contributed by atoms with Crippen molar-refractivity contribution in [1.82, 2.24) is 15.5 Å². The van der Waals surface area contributed by atoms with Gasteiger partial charge in [-0.25, -0.2) is 9.18 Å². The zero-order valence-electron chi connectivity index (χ0n) is 12.7. The van der Waals surface area contributed by atoms with Crippen LogP contribution in [0, 0.1) is 5.82 Å². The molecule has 3 N–H and O–H groups in total. The molecule has 0 atom stereocenters. The molecule has 0 bridgehead atoms. The minimum absolute atomic E-state index is 0.00756. The summed E-state index contributed by atoms with van der Waals surface area (Å²) < 4.78 is 14.3. The molecule has 1 spiro atoms. The molecule has 0 saturated carbocycles. The lowest BCUT2D eigenvalue weighted by atomic mass is 9.88. The second-order valence-corrected chi connectivity index (χ2v) is 6.74. The van der Waals surface area contributed by atoms with Crippen molar-refractivity contribution in [1.29, 1.82) is 0 Å². The van der Waals surface area contributed by atoms with E-state index in [1.165, 1.54) is 12.1 Å². The quantitative estimate of drug-likeness (QED) is 0.667. The number of benzene rings is 1. The first kappa shape index (κ1) is 16.8. The summed E-state index contributed by atoms with van der Waals surface area (Å²) in [5.74, 6) is -1.64. The zero-order chi connectivity index (χ0) is 17.3. The van der Waals surface area contributed by atoms with Gasteiger partial charge in [-0.15, -0.1) is 0 Å². The van der Waals surface area contributed by atoms with Crippen LogP contribution in [0.5, 0.6) is 0 Å². The van der Waals surface area contributed by atoms with Gasteiger partial charge >= 0.3 is 6.03 Å². The lowest BCUT2D eigenvalue weighted by Gasteiger charge is -2.30. The third kappa shape index (κ3) is 3.13. The van der Waals surface area contributed by atoms with E-state index in [9.17, 15) is 18.8 Å². The van der Waals surface area contributed by atoms with E-state index in [0.717, 1.165) is 4.90 Å². The Balaban J connectivity index is 1.68. The van der Waals surface area contributed by atoms with Gasteiger partial charge in [0.2, 0.25) is 5.91 Å². The van der Waals surface area contributed by atoms with Gasteiger partial charge in [0.25, 0.3) is 5.91 Å². The minimum atomic E-state index is -0.925. The molecule has 1 aromatic carbocycles. The topological polar surface area (TPSA) is 90.5 Å². The summed E-state index contributed by atoms with van der Waals surface area (Å²) in [5.41, 5.74) is -0.933. The van der Waals surface area contributed by atoms with Gasteiger partial charge in [0.1, 0.15) is 17.9 Å². The van der Waals surface area contributed by atoms with E-state index >= 15 is 0 Å². The highest BCUT2D eigenvalue weighted by Gasteiger charge is 2.51. The number of urea groups is 1. The number of hydrogen-bond acceptors (Lipinski definition) is 4. The first-order chi connectivity index (χ1) is 11.4. The molecule has 2 fully saturated rings. The Morgan fingerprint density at radius 3 is 2.71 bits per heavy atom. The molecule has 128 valence electrons. The Labute approximate surface area is 146 Å². The number of amides is 4. The normalized spacial score (nSPS) is 19.5. The van der Waals surface area contributed by atoms with Gasteiger partial charge in [0.15, 0.2) is 0 Å². The van der Waals surface area contributed by atoms with Crippen molar-refractivity contribution >= 4 is 39.5 Å². The van der Waals surface area contributed by atoms with Crippen LogP contribution < -0.4 is 16.0 Å². The molecule has 2 aliphatic heterocycles. The van der Waals surface area contributed by atoms with Crippen LogP contribution in [0.25, 0.3) is 0 Å². The number of halogens is 2. The number of nitrogens with zero attached hydrogens (tertiary/aromatic N) is 1. The molecule has 7 nitrogen and oxygen atoms in total. The van der Waals surface area contributed by atoms with Gasteiger partial charge in [-0.2, -0.15) is 0 Å². The summed E-state index contributed by atoms with van der Waals surface area (Å²) in [4.78, 5) is 37.6. The van der Waals surface area contributed by atoms with E-state index in [2.05, 4.69) is 31.9 Å². The highest BCUT2D eigenvalue weighted by Crippen LogP contribution is 2.27. The molecule has 9 heteroatoms. The molecule has 24 heavy (non-hydrogen) atoms. The summed E-state index contributed by atoms with van der Waals surface area (Å²) in [6.07, 6.45) is 0.966. The van der Waals surface area contributed by atoms with Crippen LogP contribution in [-0.4, -0.2) is 47.9 Å². The monoisotopic (exact) mass is 398 g/mol. The predicted octanol–water partition coefficient (Wildman–Crippen LogP) is 1.20. The maximum Gasteiger partial charge on any atom is 0.325 e. The maximum absolute atomic E-state index is 13.8. The van der Waals surface area contributed by atoms with Crippen molar-refractivity contribution in [2.24, 2.45) is 0 Å². The van der Waals surface area contributed by atoms with Gasteiger partial charge in [-0.1, -0.05) is 15.9 Å². The molecule has 3 rings (SSSR count). The second-order valence-electron chi connectivity index (χ2n) is 5.83. The largest absolute Gasteiger partial charge is 0.325 e. The fraction of sp³-hybridized carbons (Fsp3) is 0.400. The van der Waals surface area contributed by atoms with Crippen molar-refractivity contribution < 1.29 is 18.8 Å². The summed E-state index contributed by atoms with van der Waals surface area (Å²) in [6.45, 7) is 0.793. The third-order valence-corrected chi connectivity index (χ3v) is 4.70. The molecule has 2 heterocycles. The number of imide groups is 1. The number of rotatable bonds is 3. The molecule has 0 radical (unpaired) electrons. The lowest BCUT2D eigenvalue weighted by molar-refractivity contribution is -0.134. The fourth-order valence-corrected chi connectivity index (χ4v) is 3.27. The first-order valence-electron chi connectivity index (χ1n) is 7.51. The molecule has 2 saturated heterocycles.